The van der Waals surface area contributed by atoms with Crippen molar-refractivity contribution in [2.75, 3.05) is 59.7 Å². The Morgan fingerprint density at radius 1 is 1.17 bits per heavy atom. The van der Waals surface area contributed by atoms with Gasteiger partial charge in [0.05, 0.1) is 13.2 Å². The van der Waals surface area contributed by atoms with Gasteiger partial charge in [-0.2, -0.15) is 0 Å². The lowest BCUT2D eigenvalue weighted by molar-refractivity contribution is 0.0643. The predicted octanol–water partition coefficient (Wildman–Crippen LogP) is 1.36. The van der Waals surface area contributed by atoms with E-state index < -0.39 is 0 Å². The molecule has 1 aliphatic heterocycles. The quantitative estimate of drug-likeness (QED) is 0.600. The molecule has 0 bridgehead atoms. The summed E-state index contributed by atoms with van der Waals surface area (Å²) in [5.41, 5.74) is 0. The molecule has 18 heavy (non-hydrogen) atoms. The van der Waals surface area contributed by atoms with Gasteiger partial charge in [-0.25, -0.2) is 0 Å². The lowest BCUT2D eigenvalue weighted by Gasteiger charge is -2.29. The average Bonchev–Trinajstić information content (AvgIpc) is 2.42. The van der Waals surface area contributed by atoms with Crippen molar-refractivity contribution >= 4 is 0 Å². The molecule has 0 spiro atoms. The summed E-state index contributed by atoms with van der Waals surface area (Å²) in [4.78, 5) is 2.57. The molecule has 0 aromatic carbocycles. The zero-order valence-electron chi connectivity index (χ0n) is 12.1. The van der Waals surface area contributed by atoms with E-state index in [9.17, 15) is 0 Å². The van der Waals surface area contributed by atoms with Gasteiger partial charge in [-0.05, 0) is 44.8 Å². The smallest absolute Gasteiger partial charge is 0.0700 e. The first kappa shape index (κ1) is 15.9. The number of nitrogens with zero attached hydrogens (tertiary/aromatic N) is 1. The van der Waals surface area contributed by atoms with Crippen LogP contribution >= 0.6 is 0 Å². The van der Waals surface area contributed by atoms with Crippen molar-refractivity contribution in [2.45, 2.75) is 26.2 Å². The van der Waals surface area contributed by atoms with E-state index in [4.69, 9.17) is 9.47 Å². The fraction of sp³-hybridized carbons (Fsp3) is 1.00. The molecule has 4 nitrogen and oxygen atoms in total. The Bertz CT molecular complexity index is 185. The van der Waals surface area contributed by atoms with Gasteiger partial charge < -0.3 is 19.7 Å². The monoisotopic (exact) mass is 258 g/mol. The third-order valence-corrected chi connectivity index (χ3v) is 3.62. The molecule has 0 aliphatic carbocycles. The van der Waals surface area contributed by atoms with Crippen LogP contribution in [0, 0.1) is 5.92 Å². The molecule has 1 aliphatic rings. The van der Waals surface area contributed by atoms with E-state index in [1.807, 2.05) is 0 Å². The second-order valence-corrected chi connectivity index (χ2v) is 5.05. The van der Waals surface area contributed by atoms with Crippen LogP contribution in [-0.2, 0) is 9.47 Å². The number of ether oxygens (including phenoxy) is 2. The summed E-state index contributed by atoms with van der Waals surface area (Å²) >= 11 is 0. The Balaban J connectivity index is 2.01. The summed E-state index contributed by atoms with van der Waals surface area (Å²) in [5, 5.41) is 3.43. The van der Waals surface area contributed by atoms with Crippen molar-refractivity contribution < 1.29 is 9.47 Å². The molecule has 1 N–H and O–H groups in total. The average molecular weight is 258 g/mol. The van der Waals surface area contributed by atoms with E-state index in [-0.39, 0.29) is 0 Å². The SMILES string of the molecule is CCN(CCCOCCOC)CC1CCNCC1. The van der Waals surface area contributed by atoms with Crippen LogP contribution in [0.3, 0.4) is 0 Å². The first-order chi connectivity index (χ1) is 8.86. The van der Waals surface area contributed by atoms with Gasteiger partial charge in [0.2, 0.25) is 0 Å². The fourth-order valence-electron chi connectivity index (χ4n) is 2.44. The molecular formula is C14H30N2O2. The summed E-state index contributed by atoms with van der Waals surface area (Å²) in [7, 11) is 1.71. The number of piperidine rings is 1. The van der Waals surface area contributed by atoms with Crippen molar-refractivity contribution in [1.29, 1.82) is 0 Å². The maximum Gasteiger partial charge on any atom is 0.0700 e. The Morgan fingerprint density at radius 3 is 2.61 bits per heavy atom. The molecule has 0 aromatic rings. The molecule has 1 heterocycles. The maximum atomic E-state index is 5.50. The standard InChI is InChI=1S/C14H30N2O2/c1-3-16(9-4-10-18-12-11-17-2)13-14-5-7-15-8-6-14/h14-15H,3-13H2,1-2H3. The minimum Gasteiger partial charge on any atom is -0.382 e. The lowest BCUT2D eigenvalue weighted by Crippen LogP contribution is -2.36. The summed E-state index contributed by atoms with van der Waals surface area (Å²) in [6.45, 7) is 10.5. The Morgan fingerprint density at radius 2 is 1.94 bits per heavy atom. The molecule has 108 valence electrons. The van der Waals surface area contributed by atoms with Crippen molar-refractivity contribution in [3.05, 3.63) is 0 Å². The van der Waals surface area contributed by atoms with Crippen LogP contribution in [0.15, 0.2) is 0 Å². The van der Waals surface area contributed by atoms with Crippen LogP contribution in [0.25, 0.3) is 0 Å². The highest BCUT2D eigenvalue weighted by molar-refractivity contribution is 4.72. The van der Waals surface area contributed by atoms with E-state index in [0.717, 1.165) is 38.6 Å². The Labute approximate surface area is 112 Å². The molecule has 0 unspecified atom stereocenters. The van der Waals surface area contributed by atoms with E-state index in [2.05, 4.69) is 17.1 Å². The Kier molecular flexibility index (Phi) is 9.48. The molecule has 0 atom stereocenters. The van der Waals surface area contributed by atoms with E-state index >= 15 is 0 Å². The lowest BCUT2D eigenvalue weighted by atomic mass is 9.97. The molecule has 1 fully saturated rings. The first-order valence-corrected chi connectivity index (χ1v) is 7.36. The molecule has 1 saturated heterocycles. The van der Waals surface area contributed by atoms with Crippen molar-refractivity contribution in [1.82, 2.24) is 10.2 Å². The van der Waals surface area contributed by atoms with Crippen molar-refractivity contribution in [2.24, 2.45) is 5.92 Å². The number of methoxy groups -OCH3 is 1. The highest BCUT2D eigenvalue weighted by Gasteiger charge is 2.15. The molecule has 0 saturated carbocycles. The van der Waals surface area contributed by atoms with Crippen LogP contribution in [-0.4, -0.2) is 64.6 Å². The molecule has 4 heteroatoms. The number of nitrogens with one attached hydrogen (secondary N) is 1. The van der Waals surface area contributed by atoms with Crippen molar-refractivity contribution in [3.8, 4) is 0 Å². The predicted molar refractivity (Wildman–Crippen MR) is 75.0 cm³/mol. The van der Waals surface area contributed by atoms with Gasteiger partial charge in [0.1, 0.15) is 0 Å². The zero-order chi connectivity index (χ0) is 13.1. The van der Waals surface area contributed by atoms with Crippen LogP contribution in [0.4, 0.5) is 0 Å². The molecule has 0 radical (unpaired) electrons. The summed E-state index contributed by atoms with van der Waals surface area (Å²) in [6.07, 6.45) is 3.80. The normalized spacial score (nSPS) is 17.5. The number of rotatable bonds is 10. The van der Waals surface area contributed by atoms with Crippen molar-refractivity contribution in [3.63, 3.8) is 0 Å². The Hall–Kier alpha value is -0.160. The number of hydrogen-bond acceptors (Lipinski definition) is 4. The fourth-order valence-corrected chi connectivity index (χ4v) is 2.44. The molecule has 1 rings (SSSR count). The van der Waals surface area contributed by atoms with Gasteiger partial charge in [-0.3, -0.25) is 0 Å². The van der Waals surface area contributed by atoms with Gasteiger partial charge in [0.15, 0.2) is 0 Å². The van der Waals surface area contributed by atoms with Gasteiger partial charge in [-0.15, -0.1) is 0 Å². The van der Waals surface area contributed by atoms with Crippen LogP contribution in [0.5, 0.6) is 0 Å². The molecule has 0 aromatic heterocycles. The third-order valence-electron chi connectivity index (χ3n) is 3.62. The van der Waals surface area contributed by atoms with Crippen LogP contribution in [0.2, 0.25) is 0 Å². The van der Waals surface area contributed by atoms with Gasteiger partial charge in [0, 0.05) is 26.8 Å². The minimum absolute atomic E-state index is 0.701. The summed E-state index contributed by atoms with van der Waals surface area (Å²) in [5.74, 6) is 0.889. The zero-order valence-corrected chi connectivity index (χ0v) is 12.1. The highest BCUT2D eigenvalue weighted by atomic mass is 16.5. The van der Waals surface area contributed by atoms with Gasteiger partial charge in [-0.1, -0.05) is 6.92 Å². The van der Waals surface area contributed by atoms with E-state index in [1.165, 1.54) is 32.5 Å². The minimum atomic E-state index is 0.701. The third kappa shape index (κ3) is 7.31. The first-order valence-electron chi connectivity index (χ1n) is 7.36. The number of hydrogen-bond donors (Lipinski definition) is 1. The highest BCUT2D eigenvalue weighted by Crippen LogP contribution is 2.13. The molecule has 0 amide bonds. The van der Waals surface area contributed by atoms with E-state index in [1.54, 1.807) is 7.11 Å². The van der Waals surface area contributed by atoms with E-state index in [0.29, 0.717) is 6.61 Å². The molecular weight excluding hydrogens is 228 g/mol. The second-order valence-electron chi connectivity index (χ2n) is 5.05. The van der Waals surface area contributed by atoms with Gasteiger partial charge >= 0.3 is 0 Å². The van der Waals surface area contributed by atoms with Crippen LogP contribution < -0.4 is 5.32 Å². The second kappa shape index (κ2) is 10.7. The van der Waals surface area contributed by atoms with Gasteiger partial charge in [0.25, 0.3) is 0 Å². The summed E-state index contributed by atoms with van der Waals surface area (Å²) < 4.78 is 10.4. The van der Waals surface area contributed by atoms with Crippen LogP contribution in [0.1, 0.15) is 26.2 Å². The largest absolute Gasteiger partial charge is 0.382 e. The maximum absolute atomic E-state index is 5.50. The topological polar surface area (TPSA) is 33.7 Å². The summed E-state index contributed by atoms with van der Waals surface area (Å²) in [6, 6.07) is 0.